The van der Waals surface area contributed by atoms with Crippen LogP contribution in [0.25, 0.3) is 0 Å². The van der Waals surface area contributed by atoms with Gasteiger partial charge in [-0.1, -0.05) is 18.2 Å². The number of ether oxygens (including phenoxy) is 1. The molecule has 2 heterocycles. The van der Waals surface area contributed by atoms with Crippen LogP contribution in [0.2, 0.25) is 0 Å². The smallest absolute Gasteiger partial charge is 0.155 e. The van der Waals surface area contributed by atoms with E-state index < -0.39 is 0 Å². The van der Waals surface area contributed by atoms with Gasteiger partial charge in [0.1, 0.15) is 0 Å². The van der Waals surface area contributed by atoms with Gasteiger partial charge in [0.2, 0.25) is 0 Å². The summed E-state index contributed by atoms with van der Waals surface area (Å²) in [6, 6.07) is 8.18. The maximum Gasteiger partial charge on any atom is 0.155 e. The van der Waals surface area contributed by atoms with E-state index in [1.165, 1.54) is 18.4 Å². The fourth-order valence-electron chi connectivity index (χ4n) is 3.04. The number of fused-ring (bicyclic) bond motifs is 1. The van der Waals surface area contributed by atoms with E-state index in [1.54, 1.807) is 0 Å². The van der Waals surface area contributed by atoms with Crippen LogP contribution in [0.3, 0.4) is 0 Å². The zero-order chi connectivity index (χ0) is 13.1. The highest BCUT2D eigenvalue weighted by Crippen LogP contribution is 2.26. The van der Waals surface area contributed by atoms with Gasteiger partial charge in [0.05, 0.1) is 12.1 Å². The minimum absolute atomic E-state index is 0.0121. The van der Waals surface area contributed by atoms with E-state index >= 15 is 0 Å². The molecule has 3 nitrogen and oxygen atoms in total. The third-order valence-corrected chi connectivity index (χ3v) is 4.13. The van der Waals surface area contributed by atoms with E-state index in [2.05, 4.69) is 17.4 Å². The number of carbonyl (C=O) groups excluding carboxylic acids is 1. The predicted octanol–water partition coefficient (Wildman–Crippen LogP) is 2.94. The Morgan fingerprint density at radius 3 is 3.05 bits per heavy atom. The standard InChI is InChI=1S/C16H21NO2/c18-16(9-3-6-13-7-4-10-19-13)15-11-12-5-1-2-8-14(12)17-15/h1-2,5,8,13,15,17H,3-4,6-7,9-11H2. The fraction of sp³-hybridized carbons (Fsp3) is 0.562. The second kappa shape index (κ2) is 5.74. The molecule has 0 amide bonds. The van der Waals surface area contributed by atoms with E-state index in [1.807, 2.05) is 12.1 Å². The van der Waals surface area contributed by atoms with Crippen molar-refractivity contribution >= 4 is 11.5 Å². The predicted molar refractivity (Wildman–Crippen MR) is 75.4 cm³/mol. The summed E-state index contributed by atoms with van der Waals surface area (Å²) >= 11 is 0. The molecule has 0 spiro atoms. The molecule has 3 heteroatoms. The molecular weight excluding hydrogens is 238 g/mol. The first-order chi connectivity index (χ1) is 9.33. The Kier molecular flexibility index (Phi) is 3.83. The van der Waals surface area contributed by atoms with Crippen LogP contribution < -0.4 is 5.32 Å². The lowest BCUT2D eigenvalue weighted by Crippen LogP contribution is -2.27. The number of carbonyl (C=O) groups is 1. The Balaban J connectivity index is 1.44. The van der Waals surface area contributed by atoms with Gasteiger partial charge in [-0.25, -0.2) is 0 Å². The summed E-state index contributed by atoms with van der Waals surface area (Å²) < 4.78 is 5.58. The van der Waals surface area contributed by atoms with Crippen LogP contribution in [0.1, 0.15) is 37.7 Å². The van der Waals surface area contributed by atoms with Crippen molar-refractivity contribution in [2.24, 2.45) is 0 Å². The van der Waals surface area contributed by atoms with Crippen LogP contribution in [0, 0.1) is 0 Å². The molecule has 102 valence electrons. The molecule has 1 aromatic carbocycles. The number of Topliss-reactive ketones (excluding diaryl/α,β-unsaturated/α-hetero) is 1. The van der Waals surface area contributed by atoms with Crippen LogP contribution in [0.15, 0.2) is 24.3 Å². The number of ketones is 1. The molecular formula is C16H21NO2. The molecule has 0 radical (unpaired) electrons. The molecule has 2 aliphatic rings. The number of hydrogen-bond donors (Lipinski definition) is 1. The third kappa shape index (κ3) is 2.98. The molecule has 2 aliphatic heterocycles. The number of nitrogens with one attached hydrogen (secondary N) is 1. The van der Waals surface area contributed by atoms with E-state index in [0.29, 0.717) is 18.3 Å². The van der Waals surface area contributed by atoms with Gasteiger partial charge in [0, 0.05) is 25.1 Å². The molecule has 0 aromatic heterocycles. The Labute approximate surface area is 114 Å². The quantitative estimate of drug-likeness (QED) is 0.883. The normalized spacial score (nSPS) is 25.1. The van der Waals surface area contributed by atoms with Gasteiger partial charge in [-0.3, -0.25) is 4.79 Å². The summed E-state index contributed by atoms with van der Waals surface area (Å²) in [7, 11) is 0. The summed E-state index contributed by atoms with van der Waals surface area (Å²) in [4.78, 5) is 12.2. The van der Waals surface area contributed by atoms with Crippen LogP contribution >= 0.6 is 0 Å². The van der Waals surface area contributed by atoms with E-state index in [4.69, 9.17) is 4.74 Å². The van der Waals surface area contributed by atoms with Crippen molar-refractivity contribution in [3.8, 4) is 0 Å². The average molecular weight is 259 g/mol. The highest BCUT2D eigenvalue weighted by molar-refractivity contribution is 5.89. The Bertz CT molecular complexity index is 427. The molecule has 2 atom stereocenters. The minimum atomic E-state index is -0.0121. The molecule has 1 fully saturated rings. The second-order valence-corrected chi connectivity index (χ2v) is 5.55. The van der Waals surface area contributed by atoms with Gasteiger partial charge in [-0.05, 0) is 37.3 Å². The van der Waals surface area contributed by atoms with Crippen LogP contribution in [-0.2, 0) is 16.0 Å². The summed E-state index contributed by atoms with van der Waals surface area (Å²) in [5.74, 6) is 0.342. The lowest BCUT2D eigenvalue weighted by molar-refractivity contribution is -0.119. The van der Waals surface area contributed by atoms with Crippen LogP contribution in [0.5, 0.6) is 0 Å². The topological polar surface area (TPSA) is 38.3 Å². The lowest BCUT2D eigenvalue weighted by Gasteiger charge is -2.12. The first-order valence-electron chi connectivity index (χ1n) is 7.32. The molecule has 19 heavy (non-hydrogen) atoms. The van der Waals surface area contributed by atoms with Gasteiger partial charge < -0.3 is 10.1 Å². The largest absolute Gasteiger partial charge is 0.378 e. The number of benzene rings is 1. The molecule has 0 aliphatic carbocycles. The zero-order valence-corrected chi connectivity index (χ0v) is 11.2. The molecule has 1 N–H and O–H groups in total. The molecule has 3 rings (SSSR count). The number of anilines is 1. The van der Waals surface area contributed by atoms with Gasteiger partial charge in [-0.15, -0.1) is 0 Å². The summed E-state index contributed by atoms with van der Waals surface area (Å²) in [6.07, 6.45) is 6.25. The van der Waals surface area contributed by atoms with Crippen molar-refractivity contribution < 1.29 is 9.53 Å². The van der Waals surface area contributed by atoms with Crippen molar-refractivity contribution in [1.82, 2.24) is 0 Å². The van der Waals surface area contributed by atoms with E-state index in [9.17, 15) is 4.79 Å². The van der Waals surface area contributed by atoms with Gasteiger partial charge in [-0.2, -0.15) is 0 Å². The maximum atomic E-state index is 12.2. The highest BCUT2D eigenvalue weighted by atomic mass is 16.5. The minimum Gasteiger partial charge on any atom is -0.378 e. The van der Waals surface area contributed by atoms with Gasteiger partial charge in [0.25, 0.3) is 0 Å². The summed E-state index contributed by atoms with van der Waals surface area (Å²) in [5, 5.41) is 3.33. The third-order valence-electron chi connectivity index (χ3n) is 4.13. The van der Waals surface area contributed by atoms with Crippen LogP contribution in [-0.4, -0.2) is 24.5 Å². The van der Waals surface area contributed by atoms with Crippen molar-refractivity contribution in [1.29, 1.82) is 0 Å². The summed E-state index contributed by atoms with van der Waals surface area (Å²) in [6.45, 7) is 0.901. The SMILES string of the molecule is O=C(CCCC1CCCO1)C1Cc2ccccc2N1. The zero-order valence-electron chi connectivity index (χ0n) is 11.2. The van der Waals surface area contributed by atoms with Gasteiger partial charge in [0.15, 0.2) is 5.78 Å². The highest BCUT2D eigenvalue weighted by Gasteiger charge is 2.26. The average Bonchev–Trinajstić information content (AvgIpc) is 3.07. The molecule has 1 aromatic rings. The Morgan fingerprint density at radius 2 is 2.26 bits per heavy atom. The fourth-order valence-corrected chi connectivity index (χ4v) is 3.04. The first kappa shape index (κ1) is 12.7. The van der Waals surface area contributed by atoms with E-state index in [0.717, 1.165) is 31.6 Å². The lowest BCUT2D eigenvalue weighted by atomic mass is 10.0. The van der Waals surface area contributed by atoms with Gasteiger partial charge >= 0.3 is 0 Å². The van der Waals surface area contributed by atoms with Crippen molar-refractivity contribution in [3.63, 3.8) is 0 Å². The molecule has 1 saturated heterocycles. The Hall–Kier alpha value is -1.35. The molecule has 2 unspecified atom stereocenters. The molecule has 0 bridgehead atoms. The van der Waals surface area contributed by atoms with Crippen molar-refractivity contribution in [2.45, 2.75) is 50.7 Å². The van der Waals surface area contributed by atoms with E-state index in [-0.39, 0.29) is 6.04 Å². The monoisotopic (exact) mass is 259 g/mol. The number of hydrogen-bond acceptors (Lipinski definition) is 3. The van der Waals surface area contributed by atoms with Crippen LogP contribution in [0.4, 0.5) is 5.69 Å². The molecule has 0 saturated carbocycles. The maximum absolute atomic E-state index is 12.2. The number of rotatable bonds is 5. The van der Waals surface area contributed by atoms with Crippen molar-refractivity contribution in [3.05, 3.63) is 29.8 Å². The van der Waals surface area contributed by atoms with Crippen molar-refractivity contribution in [2.75, 3.05) is 11.9 Å². The first-order valence-corrected chi connectivity index (χ1v) is 7.32. The Morgan fingerprint density at radius 1 is 1.37 bits per heavy atom. The second-order valence-electron chi connectivity index (χ2n) is 5.55. The number of para-hydroxylation sites is 1. The summed E-state index contributed by atoms with van der Waals surface area (Å²) in [5.41, 5.74) is 2.39.